The summed E-state index contributed by atoms with van der Waals surface area (Å²) in [4.78, 5) is 97.8. The second kappa shape index (κ2) is 22.6. The van der Waals surface area contributed by atoms with Crippen LogP contribution in [0.4, 0.5) is 17.1 Å². The Labute approximate surface area is 397 Å². The fourth-order valence-corrected chi connectivity index (χ4v) is 7.42. The van der Waals surface area contributed by atoms with Gasteiger partial charge >= 0.3 is 29.8 Å². The predicted octanol–water partition coefficient (Wildman–Crippen LogP) is 3.21. The first kappa shape index (κ1) is 50.3. The second-order valence-corrected chi connectivity index (χ2v) is 16.0. The number of hydrogen-bond donors (Lipinski definition) is 0. The molecule has 6 rings (SSSR count). The number of hydrogen-bond acceptors (Lipinski definition) is 18. The van der Waals surface area contributed by atoms with Gasteiger partial charge in [-0.25, -0.2) is 9.37 Å². The maximum absolute atomic E-state index is 12.9. The van der Waals surface area contributed by atoms with E-state index in [1.165, 1.54) is 56.4 Å². The maximum Gasteiger partial charge on any atom is 0.337 e. The topological polar surface area (TPSA) is 213 Å². The smallest absolute Gasteiger partial charge is 0.337 e. The molecule has 0 saturated carbocycles. The number of hydroxylamine groups is 2. The zero-order valence-corrected chi connectivity index (χ0v) is 39.7. The van der Waals surface area contributed by atoms with Crippen LogP contribution < -0.4 is 34.1 Å². The predicted molar refractivity (Wildman–Crippen MR) is 251 cm³/mol. The molecule has 1 fully saturated rings. The molecule has 3 aromatic carbocycles. The van der Waals surface area contributed by atoms with E-state index in [9.17, 15) is 33.6 Å². The lowest BCUT2D eigenvalue weighted by molar-refractivity contribution is -0.197. The van der Waals surface area contributed by atoms with Gasteiger partial charge in [0, 0.05) is 61.3 Å². The highest BCUT2D eigenvalue weighted by Gasteiger charge is 2.33. The molecule has 2 heterocycles. The van der Waals surface area contributed by atoms with Crippen molar-refractivity contribution < 1.29 is 71.2 Å². The van der Waals surface area contributed by atoms with Crippen molar-refractivity contribution in [3.05, 3.63) is 83.7 Å². The van der Waals surface area contributed by atoms with Crippen molar-refractivity contribution in [1.29, 1.82) is 0 Å². The summed E-state index contributed by atoms with van der Waals surface area (Å²) in [7, 11) is 12.6. The van der Waals surface area contributed by atoms with Gasteiger partial charge < -0.3 is 52.4 Å². The van der Waals surface area contributed by atoms with E-state index in [-0.39, 0.29) is 56.3 Å². The Bertz CT molecular complexity index is 2760. The zero-order valence-electron chi connectivity index (χ0n) is 39.7. The fourth-order valence-electron chi connectivity index (χ4n) is 7.42. The number of nitrogens with zero attached hydrogens (tertiary/aromatic N) is 5. The lowest BCUT2D eigenvalue weighted by atomic mass is 9.93. The number of methoxy groups -OCH3 is 4. The van der Waals surface area contributed by atoms with Gasteiger partial charge in [0.2, 0.25) is 5.36 Å². The van der Waals surface area contributed by atoms with Gasteiger partial charge in [-0.15, -0.1) is 5.06 Å². The highest BCUT2D eigenvalue weighted by atomic mass is 16.7. The summed E-state index contributed by atoms with van der Waals surface area (Å²) >= 11 is 0. The van der Waals surface area contributed by atoms with E-state index in [2.05, 4.69) is 0 Å². The molecule has 0 radical (unpaired) electrons. The Hall–Kier alpha value is -8.16. The number of esters is 4. The van der Waals surface area contributed by atoms with Crippen molar-refractivity contribution in [1.82, 2.24) is 9.64 Å². The number of carbonyl (C=O) groups is 7. The van der Waals surface area contributed by atoms with Crippen molar-refractivity contribution in [2.45, 2.75) is 19.3 Å². The average molecular weight is 953 g/mol. The minimum Gasteiger partial charge on any atom is -0.488 e. The molecule has 0 spiro atoms. The summed E-state index contributed by atoms with van der Waals surface area (Å²) in [6.45, 7) is -1.81. The monoisotopic (exact) mass is 952 g/mol. The van der Waals surface area contributed by atoms with Crippen LogP contribution in [0.3, 0.4) is 0 Å². The lowest BCUT2D eigenvalue weighted by Gasteiger charge is -2.26. The van der Waals surface area contributed by atoms with Crippen LogP contribution in [0.5, 0.6) is 11.5 Å². The molecule has 69 heavy (non-hydrogen) atoms. The summed E-state index contributed by atoms with van der Waals surface area (Å²) < 4.78 is 41.0. The van der Waals surface area contributed by atoms with Gasteiger partial charge in [-0.3, -0.25) is 28.8 Å². The van der Waals surface area contributed by atoms with Crippen LogP contribution in [0.1, 0.15) is 18.4 Å². The SMILES string of the molecule is COC(=O)CN(CC(=O)OC)c1ccc(-c2c3ccc(=[N+](C)C)cc-3oc3cc(N(C)C)ccc23)cc1OCCOc1ccc(CC(=O)ON2C(=O)CCC2=O)cc1N(CC(=O)OC)CC(=O)OC. The molecule has 2 aliphatic heterocycles. The largest absolute Gasteiger partial charge is 0.488 e. The molecule has 0 bridgehead atoms. The maximum atomic E-state index is 12.9. The quantitative estimate of drug-likeness (QED) is 0.0274. The number of fused-ring (bicyclic) bond motifs is 2. The number of rotatable bonds is 20. The molecular formula is C49H54N5O15+. The minimum absolute atomic E-state index is 0.0814. The van der Waals surface area contributed by atoms with Gasteiger partial charge in [-0.1, -0.05) is 12.1 Å². The highest BCUT2D eigenvalue weighted by Crippen LogP contribution is 2.43. The number of benzene rings is 4. The molecule has 0 aromatic heterocycles. The number of imide groups is 1. The van der Waals surface area contributed by atoms with E-state index in [0.717, 1.165) is 27.6 Å². The molecule has 364 valence electrons. The molecule has 20 heteroatoms. The molecular weight excluding hydrogens is 899 g/mol. The van der Waals surface area contributed by atoms with Crippen LogP contribution in [0.2, 0.25) is 0 Å². The summed E-state index contributed by atoms with van der Waals surface area (Å²) in [5.41, 5.74) is 4.74. The minimum atomic E-state index is -0.909. The number of anilines is 3. The van der Waals surface area contributed by atoms with Crippen LogP contribution in [-0.4, -0.2) is 143 Å². The third-order valence-electron chi connectivity index (χ3n) is 11.0. The molecule has 0 atom stereocenters. The second-order valence-electron chi connectivity index (χ2n) is 16.0. The number of carbonyl (C=O) groups excluding carboxylic acids is 7. The Kier molecular flexibility index (Phi) is 16.4. The van der Waals surface area contributed by atoms with Crippen molar-refractivity contribution in [3.8, 4) is 33.9 Å². The first-order valence-electron chi connectivity index (χ1n) is 21.6. The molecule has 0 N–H and O–H groups in total. The van der Waals surface area contributed by atoms with Gasteiger partial charge in [0.15, 0.2) is 0 Å². The number of amides is 2. The lowest BCUT2D eigenvalue weighted by Crippen LogP contribution is -2.36. The summed E-state index contributed by atoms with van der Waals surface area (Å²) in [5, 5.41) is 2.17. The van der Waals surface area contributed by atoms with E-state index >= 15 is 0 Å². The van der Waals surface area contributed by atoms with Crippen LogP contribution in [0.15, 0.2) is 77.2 Å². The van der Waals surface area contributed by atoms with E-state index < -0.39 is 61.2 Å². The van der Waals surface area contributed by atoms with Gasteiger partial charge in [0.05, 0.1) is 52.3 Å². The third kappa shape index (κ3) is 12.2. The van der Waals surface area contributed by atoms with Crippen molar-refractivity contribution >= 4 is 69.7 Å². The van der Waals surface area contributed by atoms with E-state index in [1.54, 1.807) is 12.1 Å². The Morgan fingerprint density at radius 3 is 1.78 bits per heavy atom. The van der Waals surface area contributed by atoms with Crippen molar-refractivity contribution in [3.63, 3.8) is 0 Å². The standard InChI is InChI=1S/C49H54N5O15/c1-50(2)32-11-13-34-39(24-32)68-40-25-33(51(3)4)12-14-35(40)49(34)31-10-15-36(52(26-45(58)62-5)27-46(59)63-6)41(23-31)67-20-19-66-38-16-9-30(22-44(57)69-54-42(55)17-18-43(54)56)21-37(38)53(28-47(60)64-7)29-48(61)65-8/h9-16,21,23-25H,17-20,22,26-29H2,1-8H3/q+1. The normalized spacial score (nSPS) is 12.1. The molecule has 0 unspecified atom stereocenters. The first-order chi connectivity index (χ1) is 33.0. The summed E-state index contributed by atoms with van der Waals surface area (Å²) in [6.07, 6.45) is -0.567. The van der Waals surface area contributed by atoms with Crippen molar-refractivity contribution in [2.24, 2.45) is 0 Å². The first-order valence-corrected chi connectivity index (χ1v) is 21.6. The summed E-state index contributed by atoms with van der Waals surface area (Å²) in [5.74, 6) is -3.82. The molecule has 2 amide bonds. The van der Waals surface area contributed by atoms with Crippen LogP contribution in [0.25, 0.3) is 33.4 Å². The summed E-state index contributed by atoms with van der Waals surface area (Å²) in [6, 6.07) is 21.8. The Morgan fingerprint density at radius 2 is 1.22 bits per heavy atom. The molecule has 1 aliphatic carbocycles. The fraction of sp³-hybridized carbons (Fsp3) is 0.347. The van der Waals surface area contributed by atoms with Gasteiger partial charge in [0.1, 0.15) is 76.3 Å². The average Bonchev–Trinajstić information content (AvgIpc) is 3.65. The molecule has 3 aliphatic rings. The van der Waals surface area contributed by atoms with Gasteiger partial charge in [-0.05, 0) is 53.6 Å². The van der Waals surface area contributed by atoms with E-state index in [1.807, 2.05) is 80.1 Å². The molecule has 3 aromatic rings. The van der Waals surface area contributed by atoms with Gasteiger partial charge in [0.25, 0.3) is 11.8 Å². The third-order valence-corrected chi connectivity index (χ3v) is 11.0. The Balaban J connectivity index is 1.39. The highest BCUT2D eigenvalue weighted by molar-refractivity contribution is 6.03. The van der Waals surface area contributed by atoms with Crippen LogP contribution in [-0.2, 0) is 63.8 Å². The van der Waals surface area contributed by atoms with Crippen LogP contribution >= 0.6 is 0 Å². The molecule has 1 saturated heterocycles. The van der Waals surface area contributed by atoms with Crippen molar-refractivity contribution in [2.75, 3.05) is 111 Å². The zero-order chi connectivity index (χ0) is 49.9. The van der Waals surface area contributed by atoms with E-state index in [4.69, 9.17) is 37.7 Å². The van der Waals surface area contributed by atoms with Gasteiger partial charge in [-0.2, -0.15) is 0 Å². The van der Waals surface area contributed by atoms with E-state index in [0.29, 0.717) is 33.2 Å². The molecule has 20 nitrogen and oxygen atoms in total. The Morgan fingerprint density at radius 1 is 0.638 bits per heavy atom. The van der Waals surface area contributed by atoms with Crippen LogP contribution in [0, 0.1) is 0 Å². The number of ether oxygens (including phenoxy) is 6.